The summed E-state index contributed by atoms with van der Waals surface area (Å²) < 4.78 is 37.3. The maximum absolute atomic E-state index is 12.3. The Morgan fingerprint density at radius 3 is 2.12 bits per heavy atom. The van der Waals surface area contributed by atoms with E-state index >= 15 is 0 Å². The van der Waals surface area contributed by atoms with Gasteiger partial charge in [0.2, 0.25) is 0 Å². The van der Waals surface area contributed by atoms with Gasteiger partial charge < -0.3 is 5.73 Å². The standard InChI is InChI=1S/C10H13BrF3N3/c1-9(2,3)7-6(11)8(15)17-5(16-7)4-10(12,13)14/h4H2,1-3H3,(H2,15,16,17). The van der Waals surface area contributed by atoms with Crippen molar-refractivity contribution in [2.24, 2.45) is 0 Å². The van der Waals surface area contributed by atoms with Gasteiger partial charge in [-0.15, -0.1) is 0 Å². The van der Waals surface area contributed by atoms with Crippen LogP contribution in [-0.2, 0) is 11.8 Å². The molecule has 0 saturated heterocycles. The summed E-state index contributed by atoms with van der Waals surface area (Å²) in [6.45, 7) is 5.53. The number of aromatic nitrogens is 2. The topological polar surface area (TPSA) is 51.8 Å². The van der Waals surface area contributed by atoms with Crippen molar-refractivity contribution in [3.8, 4) is 0 Å². The average Bonchev–Trinajstić information content (AvgIpc) is 2.06. The predicted molar refractivity (Wildman–Crippen MR) is 62.6 cm³/mol. The highest BCUT2D eigenvalue weighted by Gasteiger charge is 2.31. The SMILES string of the molecule is CC(C)(C)c1nc(CC(F)(F)F)nc(N)c1Br. The molecule has 0 unspecified atom stereocenters. The van der Waals surface area contributed by atoms with Gasteiger partial charge in [0.15, 0.2) is 0 Å². The van der Waals surface area contributed by atoms with Crippen molar-refractivity contribution in [1.29, 1.82) is 0 Å². The van der Waals surface area contributed by atoms with E-state index in [0.29, 0.717) is 10.2 Å². The third-order valence-electron chi connectivity index (χ3n) is 1.99. The Labute approximate surface area is 106 Å². The summed E-state index contributed by atoms with van der Waals surface area (Å²) in [5.74, 6) is -0.271. The summed E-state index contributed by atoms with van der Waals surface area (Å²) in [4.78, 5) is 7.56. The van der Waals surface area contributed by atoms with Crippen LogP contribution in [0.15, 0.2) is 4.47 Å². The van der Waals surface area contributed by atoms with E-state index in [1.54, 1.807) is 0 Å². The molecule has 2 N–H and O–H groups in total. The number of alkyl halides is 3. The normalized spacial score (nSPS) is 12.9. The highest BCUT2D eigenvalue weighted by Crippen LogP contribution is 2.32. The number of nitrogen functional groups attached to an aromatic ring is 1. The number of hydrogen-bond acceptors (Lipinski definition) is 3. The van der Waals surface area contributed by atoms with E-state index in [1.807, 2.05) is 20.8 Å². The molecule has 0 radical (unpaired) electrons. The van der Waals surface area contributed by atoms with Crippen molar-refractivity contribution in [3.63, 3.8) is 0 Å². The predicted octanol–water partition coefficient (Wildman–Crippen LogP) is 3.22. The van der Waals surface area contributed by atoms with Crippen LogP contribution in [0.25, 0.3) is 0 Å². The van der Waals surface area contributed by atoms with E-state index in [2.05, 4.69) is 25.9 Å². The van der Waals surface area contributed by atoms with E-state index in [4.69, 9.17) is 5.73 Å². The van der Waals surface area contributed by atoms with Gasteiger partial charge in [-0.25, -0.2) is 9.97 Å². The van der Waals surface area contributed by atoms with Crippen LogP contribution in [0.1, 0.15) is 32.3 Å². The van der Waals surface area contributed by atoms with Crippen molar-refractivity contribution >= 4 is 21.7 Å². The van der Waals surface area contributed by atoms with Crippen LogP contribution in [0.3, 0.4) is 0 Å². The van der Waals surface area contributed by atoms with E-state index in [0.717, 1.165) is 0 Å². The van der Waals surface area contributed by atoms with Crippen LogP contribution in [-0.4, -0.2) is 16.1 Å². The fraction of sp³-hybridized carbons (Fsp3) is 0.600. The molecule has 0 spiro atoms. The largest absolute Gasteiger partial charge is 0.396 e. The van der Waals surface area contributed by atoms with Crippen LogP contribution in [0, 0.1) is 0 Å². The Balaban J connectivity index is 3.25. The van der Waals surface area contributed by atoms with Crippen molar-refractivity contribution in [3.05, 3.63) is 16.0 Å². The number of hydrogen-bond donors (Lipinski definition) is 1. The lowest BCUT2D eigenvalue weighted by Crippen LogP contribution is -2.21. The molecule has 0 fully saturated rings. The molecule has 3 nitrogen and oxygen atoms in total. The molecule has 0 aliphatic rings. The van der Waals surface area contributed by atoms with Crippen molar-refractivity contribution in [2.45, 2.75) is 38.8 Å². The molecule has 1 aromatic heterocycles. The molecule has 0 atom stereocenters. The first-order valence-electron chi connectivity index (χ1n) is 4.90. The second kappa shape index (κ2) is 4.44. The Bertz CT molecular complexity index is 424. The minimum atomic E-state index is -4.34. The third-order valence-corrected chi connectivity index (χ3v) is 2.77. The van der Waals surface area contributed by atoms with Crippen LogP contribution in [0.4, 0.5) is 19.0 Å². The molecule has 0 aliphatic carbocycles. The second-order valence-corrected chi connectivity index (χ2v) is 5.52. The van der Waals surface area contributed by atoms with Crippen LogP contribution >= 0.6 is 15.9 Å². The van der Waals surface area contributed by atoms with Crippen molar-refractivity contribution in [2.75, 3.05) is 5.73 Å². The first kappa shape index (κ1) is 14.2. The van der Waals surface area contributed by atoms with Crippen LogP contribution in [0.5, 0.6) is 0 Å². The van der Waals surface area contributed by atoms with Gasteiger partial charge in [-0.3, -0.25) is 0 Å². The maximum atomic E-state index is 12.3. The molecule has 17 heavy (non-hydrogen) atoms. The minimum absolute atomic E-state index is 0.0316. The zero-order chi connectivity index (χ0) is 13.4. The van der Waals surface area contributed by atoms with Gasteiger partial charge in [0.25, 0.3) is 0 Å². The molecule has 0 bridgehead atoms. The summed E-state index contributed by atoms with van der Waals surface area (Å²) in [7, 11) is 0. The summed E-state index contributed by atoms with van der Waals surface area (Å²) in [6.07, 6.45) is -5.51. The van der Waals surface area contributed by atoms with E-state index in [1.165, 1.54) is 0 Å². The van der Waals surface area contributed by atoms with Gasteiger partial charge in [-0.1, -0.05) is 20.8 Å². The smallest absolute Gasteiger partial charge is 0.383 e. The number of nitrogens with zero attached hydrogens (tertiary/aromatic N) is 2. The molecule has 96 valence electrons. The zero-order valence-corrected chi connectivity index (χ0v) is 11.3. The molecule has 0 saturated carbocycles. The van der Waals surface area contributed by atoms with Crippen LogP contribution < -0.4 is 5.73 Å². The average molecular weight is 312 g/mol. The fourth-order valence-electron chi connectivity index (χ4n) is 1.27. The Hall–Kier alpha value is -0.850. The first-order valence-corrected chi connectivity index (χ1v) is 5.69. The number of halogens is 4. The lowest BCUT2D eigenvalue weighted by atomic mass is 9.92. The highest BCUT2D eigenvalue weighted by molar-refractivity contribution is 9.10. The monoisotopic (exact) mass is 311 g/mol. The summed E-state index contributed by atoms with van der Waals surface area (Å²) in [5, 5.41) is 0. The molecule has 7 heteroatoms. The van der Waals surface area contributed by atoms with E-state index in [9.17, 15) is 13.2 Å². The van der Waals surface area contributed by atoms with Gasteiger partial charge in [0, 0.05) is 5.41 Å². The summed E-state index contributed by atoms with van der Waals surface area (Å²) >= 11 is 3.20. The first-order chi connectivity index (χ1) is 7.50. The van der Waals surface area contributed by atoms with E-state index < -0.39 is 18.0 Å². The molecule has 0 aromatic carbocycles. The van der Waals surface area contributed by atoms with Gasteiger partial charge in [-0.05, 0) is 15.9 Å². The van der Waals surface area contributed by atoms with Gasteiger partial charge in [0.1, 0.15) is 18.1 Å². The molecular weight excluding hydrogens is 299 g/mol. The lowest BCUT2D eigenvalue weighted by molar-refractivity contribution is -0.128. The highest BCUT2D eigenvalue weighted by atomic mass is 79.9. The minimum Gasteiger partial charge on any atom is -0.383 e. The number of rotatable bonds is 1. The van der Waals surface area contributed by atoms with Crippen molar-refractivity contribution < 1.29 is 13.2 Å². The quantitative estimate of drug-likeness (QED) is 0.866. The molecule has 0 amide bonds. The van der Waals surface area contributed by atoms with Crippen LogP contribution in [0.2, 0.25) is 0 Å². The summed E-state index contributed by atoms with van der Waals surface area (Å²) in [6, 6.07) is 0. The number of anilines is 1. The Kier molecular flexibility index (Phi) is 3.71. The lowest BCUT2D eigenvalue weighted by Gasteiger charge is -2.21. The third kappa shape index (κ3) is 3.83. The zero-order valence-electron chi connectivity index (χ0n) is 9.69. The molecular formula is C10H13BrF3N3. The fourth-order valence-corrected chi connectivity index (χ4v) is 2.04. The molecule has 1 heterocycles. The van der Waals surface area contributed by atoms with Crippen molar-refractivity contribution in [1.82, 2.24) is 9.97 Å². The Morgan fingerprint density at radius 2 is 1.71 bits per heavy atom. The molecule has 1 aromatic rings. The maximum Gasteiger partial charge on any atom is 0.396 e. The molecule has 1 rings (SSSR count). The molecule has 0 aliphatic heterocycles. The Morgan fingerprint density at radius 1 is 1.18 bits per heavy atom. The van der Waals surface area contributed by atoms with Gasteiger partial charge in [0.05, 0.1) is 10.2 Å². The summed E-state index contributed by atoms with van der Waals surface area (Å²) in [5.41, 5.74) is 5.64. The number of nitrogens with two attached hydrogens (primary N) is 1. The van der Waals surface area contributed by atoms with Gasteiger partial charge >= 0.3 is 6.18 Å². The van der Waals surface area contributed by atoms with Gasteiger partial charge in [-0.2, -0.15) is 13.2 Å². The second-order valence-electron chi connectivity index (χ2n) is 4.73. The van der Waals surface area contributed by atoms with E-state index in [-0.39, 0.29) is 11.6 Å².